The third kappa shape index (κ3) is 4.39. The molecule has 1 aromatic rings. The molecule has 2 N–H and O–H groups in total. The average Bonchev–Trinajstić information content (AvgIpc) is 2.21. The van der Waals surface area contributed by atoms with Crippen LogP contribution in [0.1, 0.15) is 19.4 Å². The van der Waals surface area contributed by atoms with E-state index in [4.69, 9.17) is 21.4 Å². The van der Waals surface area contributed by atoms with Crippen molar-refractivity contribution in [3.05, 3.63) is 28.8 Å². The molecule has 3 nitrogen and oxygen atoms in total. The highest BCUT2D eigenvalue weighted by atomic mass is 35.5. The van der Waals surface area contributed by atoms with E-state index in [1.165, 1.54) is 0 Å². The number of aliphatic hydroxyl groups excluding tert-OH is 1. The van der Waals surface area contributed by atoms with Gasteiger partial charge in [0.2, 0.25) is 0 Å². The second kappa shape index (κ2) is 6.74. The molecule has 90 valence electrons. The molecule has 1 rings (SSSR count). The normalized spacial score (nSPS) is 12.5. The summed E-state index contributed by atoms with van der Waals surface area (Å²) >= 11 is 6.05. The maximum atomic E-state index is 9.09. The van der Waals surface area contributed by atoms with E-state index in [1.807, 2.05) is 25.1 Å². The van der Waals surface area contributed by atoms with Crippen molar-refractivity contribution < 1.29 is 9.84 Å². The van der Waals surface area contributed by atoms with Crippen molar-refractivity contribution >= 4 is 11.6 Å². The highest BCUT2D eigenvalue weighted by Crippen LogP contribution is 2.25. The van der Waals surface area contributed by atoms with Crippen LogP contribution >= 0.6 is 11.6 Å². The van der Waals surface area contributed by atoms with Crippen LogP contribution < -0.4 is 10.1 Å². The Morgan fingerprint density at radius 1 is 1.50 bits per heavy atom. The summed E-state index contributed by atoms with van der Waals surface area (Å²) in [5, 5.41) is 12.8. The molecule has 0 aliphatic rings. The second-order valence-corrected chi connectivity index (χ2v) is 4.08. The zero-order valence-corrected chi connectivity index (χ0v) is 10.4. The quantitative estimate of drug-likeness (QED) is 0.805. The number of benzene rings is 1. The maximum Gasteiger partial charge on any atom is 0.137 e. The maximum absolute atomic E-state index is 9.09. The first-order chi connectivity index (χ1) is 7.63. The van der Waals surface area contributed by atoms with Gasteiger partial charge in [-0.25, -0.2) is 0 Å². The summed E-state index contributed by atoms with van der Waals surface area (Å²) in [5.41, 5.74) is 1.08. The van der Waals surface area contributed by atoms with Gasteiger partial charge in [0.15, 0.2) is 0 Å². The molecule has 0 saturated heterocycles. The first-order valence-electron chi connectivity index (χ1n) is 5.43. The van der Waals surface area contributed by atoms with E-state index in [-0.39, 0.29) is 6.10 Å². The molecule has 4 heteroatoms. The van der Waals surface area contributed by atoms with E-state index >= 15 is 0 Å². The Kier molecular flexibility index (Phi) is 5.60. The number of hydrogen-bond donors (Lipinski definition) is 2. The molecule has 0 aliphatic carbocycles. The van der Waals surface area contributed by atoms with Crippen molar-refractivity contribution in [2.45, 2.75) is 26.5 Å². The van der Waals surface area contributed by atoms with E-state index in [0.717, 1.165) is 5.56 Å². The summed E-state index contributed by atoms with van der Waals surface area (Å²) in [5.74, 6) is 0.712. The number of aliphatic hydroxyl groups is 1. The molecule has 0 fully saturated rings. The van der Waals surface area contributed by atoms with E-state index < -0.39 is 0 Å². The first-order valence-corrected chi connectivity index (χ1v) is 5.81. The van der Waals surface area contributed by atoms with E-state index in [9.17, 15) is 0 Å². The third-order valence-corrected chi connectivity index (χ3v) is 2.36. The molecule has 0 saturated carbocycles. The van der Waals surface area contributed by atoms with Gasteiger partial charge in [0, 0.05) is 13.1 Å². The van der Waals surface area contributed by atoms with Crippen molar-refractivity contribution in [3.8, 4) is 5.75 Å². The molecule has 0 bridgehead atoms. The number of halogens is 1. The second-order valence-electron chi connectivity index (χ2n) is 3.68. The van der Waals surface area contributed by atoms with Gasteiger partial charge in [0.1, 0.15) is 5.75 Å². The van der Waals surface area contributed by atoms with Crippen LogP contribution in [0.4, 0.5) is 0 Å². The fourth-order valence-electron chi connectivity index (χ4n) is 1.35. The molecule has 0 aliphatic heterocycles. The van der Waals surface area contributed by atoms with Crippen LogP contribution in [-0.2, 0) is 6.54 Å². The van der Waals surface area contributed by atoms with Gasteiger partial charge >= 0.3 is 0 Å². The molecule has 0 radical (unpaired) electrons. The Bertz CT molecular complexity index is 329. The molecule has 0 heterocycles. The zero-order chi connectivity index (χ0) is 12.0. The SMILES string of the molecule is CCOc1ccc(CNC[C@@H](C)O)cc1Cl. The molecule has 0 unspecified atom stereocenters. The largest absolute Gasteiger partial charge is 0.492 e. The minimum Gasteiger partial charge on any atom is -0.492 e. The fourth-order valence-corrected chi connectivity index (χ4v) is 1.61. The van der Waals surface area contributed by atoms with Crippen LogP contribution in [0.15, 0.2) is 18.2 Å². The number of nitrogens with one attached hydrogen (secondary N) is 1. The molecular formula is C12H18ClNO2. The third-order valence-electron chi connectivity index (χ3n) is 2.07. The van der Waals surface area contributed by atoms with E-state index in [0.29, 0.717) is 30.5 Å². The molecule has 16 heavy (non-hydrogen) atoms. The minimum absolute atomic E-state index is 0.335. The van der Waals surface area contributed by atoms with Crippen molar-refractivity contribution in [1.29, 1.82) is 0 Å². The first kappa shape index (κ1) is 13.3. The Morgan fingerprint density at radius 2 is 2.25 bits per heavy atom. The van der Waals surface area contributed by atoms with Gasteiger partial charge in [0.25, 0.3) is 0 Å². The lowest BCUT2D eigenvalue weighted by atomic mass is 10.2. The summed E-state index contributed by atoms with van der Waals surface area (Å²) in [6, 6.07) is 5.71. The lowest BCUT2D eigenvalue weighted by Crippen LogP contribution is -2.23. The van der Waals surface area contributed by atoms with Gasteiger partial charge in [-0.1, -0.05) is 17.7 Å². The van der Waals surface area contributed by atoms with Gasteiger partial charge in [-0.15, -0.1) is 0 Å². The summed E-state index contributed by atoms with van der Waals surface area (Å²) in [6.07, 6.45) is -0.335. The van der Waals surface area contributed by atoms with E-state index in [1.54, 1.807) is 6.92 Å². The highest BCUT2D eigenvalue weighted by Gasteiger charge is 2.02. The Morgan fingerprint density at radius 3 is 2.81 bits per heavy atom. The smallest absolute Gasteiger partial charge is 0.137 e. The molecule has 0 spiro atoms. The number of hydrogen-bond acceptors (Lipinski definition) is 3. The molecule has 1 atom stereocenters. The molecule has 0 aromatic heterocycles. The predicted molar refractivity (Wildman–Crippen MR) is 66.0 cm³/mol. The Hall–Kier alpha value is -0.770. The van der Waals surface area contributed by atoms with Crippen molar-refractivity contribution in [1.82, 2.24) is 5.32 Å². The zero-order valence-electron chi connectivity index (χ0n) is 9.66. The van der Waals surface area contributed by atoms with Crippen LogP contribution in [-0.4, -0.2) is 24.4 Å². The Balaban J connectivity index is 2.52. The summed E-state index contributed by atoms with van der Waals surface area (Å²) < 4.78 is 5.34. The molecular weight excluding hydrogens is 226 g/mol. The highest BCUT2D eigenvalue weighted by molar-refractivity contribution is 6.32. The van der Waals surface area contributed by atoms with Crippen molar-refractivity contribution in [2.75, 3.05) is 13.2 Å². The Labute approximate surface area is 101 Å². The summed E-state index contributed by atoms with van der Waals surface area (Å²) in [6.45, 7) is 5.55. The minimum atomic E-state index is -0.335. The lowest BCUT2D eigenvalue weighted by molar-refractivity contribution is 0.191. The lowest BCUT2D eigenvalue weighted by Gasteiger charge is -2.09. The van der Waals surface area contributed by atoms with Crippen LogP contribution in [0.3, 0.4) is 0 Å². The summed E-state index contributed by atoms with van der Waals surface area (Å²) in [4.78, 5) is 0. The van der Waals surface area contributed by atoms with Gasteiger partial charge in [-0.05, 0) is 31.5 Å². The van der Waals surface area contributed by atoms with E-state index in [2.05, 4.69) is 5.32 Å². The van der Waals surface area contributed by atoms with Gasteiger partial charge in [-0.2, -0.15) is 0 Å². The van der Waals surface area contributed by atoms with Crippen LogP contribution in [0.25, 0.3) is 0 Å². The van der Waals surface area contributed by atoms with Gasteiger partial charge < -0.3 is 15.2 Å². The summed E-state index contributed by atoms with van der Waals surface area (Å²) in [7, 11) is 0. The standard InChI is InChI=1S/C12H18ClNO2/c1-3-16-12-5-4-10(6-11(12)13)8-14-7-9(2)15/h4-6,9,14-15H,3,7-8H2,1-2H3/t9-/m1/s1. The van der Waals surface area contributed by atoms with Gasteiger partial charge in [-0.3, -0.25) is 0 Å². The molecule has 1 aromatic carbocycles. The van der Waals surface area contributed by atoms with Crippen molar-refractivity contribution in [3.63, 3.8) is 0 Å². The van der Waals surface area contributed by atoms with Crippen LogP contribution in [0.5, 0.6) is 5.75 Å². The van der Waals surface area contributed by atoms with Gasteiger partial charge in [0.05, 0.1) is 17.7 Å². The van der Waals surface area contributed by atoms with Crippen LogP contribution in [0.2, 0.25) is 5.02 Å². The predicted octanol–water partition coefficient (Wildman–Crippen LogP) is 2.21. The van der Waals surface area contributed by atoms with Crippen molar-refractivity contribution in [2.24, 2.45) is 0 Å². The monoisotopic (exact) mass is 243 g/mol. The average molecular weight is 244 g/mol. The molecule has 0 amide bonds. The van der Waals surface area contributed by atoms with Crippen LogP contribution in [0, 0.1) is 0 Å². The topological polar surface area (TPSA) is 41.5 Å². The number of ether oxygens (including phenoxy) is 1. The fraction of sp³-hybridized carbons (Fsp3) is 0.500. The number of rotatable bonds is 6.